The van der Waals surface area contributed by atoms with Crippen molar-refractivity contribution in [3.05, 3.63) is 23.5 Å². The van der Waals surface area contributed by atoms with E-state index >= 15 is 0 Å². The molecule has 0 saturated heterocycles. The second-order valence-electron chi connectivity index (χ2n) is 2.23. The topological polar surface area (TPSA) is 107 Å². The summed E-state index contributed by atoms with van der Waals surface area (Å²) in [5.74, 6) is -1.09. The second kappa shape index (κ2) is 4.00. The van der Waals surface area contributed by atoms with Gasteiger partial charge in [-0.3, -0.25) is 9.59 Å². The van der Waals surface area contributed by atoms with Gasteiger partial charge in [-0.2, -0.15) is 9.98 Å². The van der Waals surface area contributed by atoms with Crippen LogP contribution in [0, 0.1) is 10.8 Å². The summed E-state index contributed by atoms with van der Waals surface area (Å²) in [6, 6.07) is 3.31. The lowest BCUT2D eigenvalue weighted by atomic mass is 10.1. The molecule has 6 heteroatoms. The third-order valence-corrected chi connectivity index (χ3v) is 1.39. The molecule has 0 atom stereocenters. The van der Waals surface area contributed by atoms with E-state index < -0.39 is 11.6 Å². The van der Waals surface area contributed by atoms with E-state index in [-0.39, 0.29) is 11.4 Å². The number of carbonyl (C=O) groups is 2. The smallest absolute Gasteiger partial charge is 0.207 e. The van der Waals surface area contributed by atoms with Gasteiger partial charge >= 0.3 is 0 Å². The minimum Gasteiger partial charge on any atom is -0.287 e. The van der Waals surface area contributed by atoms with Crippen LogP contribution in [0.4, 0.5) is 0 Å². The normalized spacial score (nSPS) is 14.9. The molecule has 0 aromatic rings. The summed E-state index contributed by atoms with van der Waals surface area (Å²) in [4.78, 5) is 28.8. The molecular weight excluding hydrogens is 184 g/mol. The van der Waals surface area contributed by atoms with Crippen LogP contribution in [-0.2, 0) is 9.59 Å². The van der Waals surface area contributed by atoms with E-state index in [0.29, 0.717) is 0 Å². The van der Waals surface area contributed by atoms with Crippen molar-refractivity contribution >= 4 is 23.6 Å². The van der Waals surface area contributed by atoms with Gasteiger partial charge in [0.2, 0.25) is 11.6 Å². The molecule has 0 fully saturated rings. The van der Waals surface area contributed by atoms with E-state index in [2.05, 4.69) is 9.98 Å². The van der Waals surface area contributed by atoms with Crippen molar-refractivity contribution in [2.75, 3.05) is 0 Å². The third kappa shape index (κ3) is 1.84. The quantitative estimate of drug-likeness (QED) is 0.483. The largest absolute Gasteiger partial charge is 0.287 e. The van der Waals surface area contributed by atoms with Crippen molar-refractivity contribution in [3.63, 3.8) is 0 Å². The Hall–Kier alpha value is -2.42. The van der Waals surface area contributed by atoms with Crippen LogP contribution in [0.5, 0.6) is 0 Å². The first-order valence-electron chi connectivity index (χ1n) is 3.46. The zero-order valence-corrected chi connectivity index (χ0v) is 6.87. The van der Waals surface area contributed by atoms with Gasteiger partial charge in [0.15, 0.2) is 0 Å². The summed E-state index contributed by atoms with van der Waals surface area (Å²) in [5.41, 5.74) is -0.317. The number of carbonyl (C=O) groups excluding carboxylic acids is 2. The Bertz CT molecular complexity index is 416. The minimum absolute atomic E-state index is 0.158. The van der Waals surface area contributed by atoms with Crippen LogP contribution in [0.3, 0.4) is 0 Å². The molecule has 0 saturated carbocycles. The van der Waals surface area contributed by atoms with Gasteiger partial charge in [-0.15, -0.1) is 0 Å². The molecule has 0 aromatic heterocycles. The van der Waals surface area contributed by atoms with Gasteiger partial charge in [0, 0.05) is 12.2 Å². The molecule has 6 nitrogen and oxygen atoms in total. The average Bonchev–Trinajstić information content (AvgIpc) is 2.14. The number of nitrogens with zero attached hydrogens (tertiary/aromatic N) is 2. The van der Waals surface area contributed by atoms with Crippen molar-refractivity contribution in [3.8, 4) is 0 Å². The first-order chi connectivity index (χ1) is 6.69. The highest BCUT2D eigenvalue weighted by molar-refractivity contribution is 6.20. The van der Waals surface area contributed by atoms with E-state index in [4.69, 9.17) is 10.8 Å². The van der Waals surface area contributed by atoms with Gasteiger partial charge in [0.05, 0.1) is 12.0 Å². The van der Waals surface area contributed by atoms with E-state index in [0.717, 1.165) is 12.2 Å². The first kappa shape index (κ1) is 9.67. The van der Waals surface area contributed by atoms with Crippen LogP contribution in [0.25, 0.3) is 0 Å². The lowest BCUT2D eigenvalue weighted by molar-refractivity contribution is -0.115. The molecule has 2 N–H and O–H groups in total. The predicted molar refractivity (Wildman–Crippen MR) is 46.5 cm³/mol. The number of aliphatic imine (C=N–C) groups is 2. The number of ketones is 2. The second-order valence-corrected chi connectivity index (χ2v) is 2.23. The highest BCUT2D eigenvalue weighted by Crippen LogP contribution is 2.12. The molecule has 0 aliphatic heterocycles. The zero-order chi connectivity index (χ0) is 10.6. The molecule has 0 spiro atoms. The molecular formula is C8H4N4O2. The predicted octanol–water partition coefficient (Wildman–Crippen LogP) is 0.411. The van der Waals surface area contributed by atoms with Crippen LogP contribution in [0.1, 0.15) is 0 Å². The van der Waals surface area contributed by atoms with Gasteiger partial charge in [0.1, 0.15) is 11.4 Å². The van der Waals surface area contributed by atoms with Gasteiger partial charge in [-0.05, 0) is 0 Å². The Kier molecular flexibility index (Phi) is 2.76. The van der Waals surface area contributed by atoms with Gasteiger partial charge < -0.3 is 0 Å². The monoisotopic (exact) mass is 188 g/mol. The van der Waals surface area contributed by atoms with Crippen molar-refractivity contribution in [2.45, 2.75) is 0 Å². The lowest BCUT2D eigenvalue weighted by Crippen LogP contribution is -2.10. The summed E-state index contributed by atoms with van der Waals surface area (Å²) >= 11 is 0. The van der Waals surface area contributed by atoms with E-state index in [1.165, 1.54) is 0 Å². The Labute approximate surface area is 78.4 Å². The minimum atomic E-state index is -0.543. The van der Waals surface area contributed by atoms with Crippen molar-refractivity contribution < 1.29 is 9.59 Å². The zero-order valence-electron chi connectivity index (χ0n) is 6.87. The molecule has 1 rings (SSSR count). The van der Waals surface area contributed by atoms with Crippen LogP contribution in [0.2, 0.25) is 0 Å². The van der Waals surface area contributed by atoms with E-state index in [1.54, 1.807) is 12.0 Å². The van der Waals surface area contributed by atoms with Gasteiger partial charge in [0.25, 0.3) is 0 Å². The Balaban J connectivity index is 3.13. The average molecular weight is 188 g/mol. The molecule has 0 radical (unpaired) electrons. The van der Waals surface area contributed by atoms with Crippen LogP contribution in [-0.4, -0.2) is 23.6 Å². The molecule has 0 bridgehead atoms. The van der Waals surface area contributed by atoms with Crippen molar-refractivity contribution in [2.24, 2.45) is 9.98 Å². The number of hydrogen-bond acceptors (Lipinski definition) is 6. The molecule has 1 aliphatic rings. The molecule has 0 heterocycles. The standard InChI is InChI=1S/C8H4N4O2/c9-3-11-5-1-7(13)6(12-4-10)2-8(5)14/h1-2,9-10H. The van der Waals surface area contributed by atoms with Crippen LogP contribution < -0.4 is 0 Å². The molecule has 0 amide bonds. The molecule has 0 aromatic carbocycles. The molecule has 1 aliphatic carbocycles. The number of allylic oxidation sites excluding steroid dienone is 2. The Morgan fingerprint density at radius 3 is 1.57 bits per heavy atom. The third-order valence-electron chi connectivity index (χ3n) is 1.39. The first-order valence-corrected chi connectivity index (χ1v) is 3.46. The summed E-state index contributed by atoms with van der Waals surface area (Å²) in [6.07, 6.45) is 1.89. The number of rotatable bonds is 2. The van der Waals surface area contributed by atoms with Crippen molar-refractivity contribution in [1.29, 1.82) is 10.8 Å². The fourth-order valence-electron chi connectivity index (χ4n) is 0.834. The Morgan fingerprint density at radius 1 is 0.929 bits per heavy atom. The van der Waals surface area contributed by atoms with Crippen LogP contribution >= 0.6 is 0 Å². The molecule has 68 valence electrons. The summed E-state index contributed by atoms with van der Waals surface area (Å²) in [6.45, 7) is 0. The van der Waals surface area contributed by atoms with Gasteiger partial charge in [-0.1, -0.05) is 0 Å². The number of nitrogens with one attached hydrogen (secondary N) is 2. The van der Waals surface area contributed by atoms with Gasteiger partial charge in [-0.25, -0.2) is 10.8 Å². The molecule has 14 heavy (non-hydrogen) atoms. The SMILES string of the molecule is N=C=NC1=CC(=O)C(N=C=N)=CC1=O. The van der Waals surface area contributed by atoms with Crippen LogP contribution in [0.15, 0.2) is 33.5 Å². The fourth-order valence-corrected chi connectivity index (χ4v) is 0.834. The maximum absolute atomic E-state index is 11.2. The number of hydrogen-bond donors (Lipinski definition) is 2. The maximum atomic E-state index is 11.2. The Morgan fingerprint density at radius 2 is 1.29 bits per heavy atom. The highest BCUT2D eigenvalue weighted by Gasteiger charge is 2.19. The van der Waals surface area contributed by atoms with E-state index in [1.807, 2.05) is 0 Å². The molecule has 0 unspecified atom stereocenters. The summed E-state index contributed by atoms with van der Waals surface area (Å²) in [5, 5.41) is 13.0. The maximum Gasteiger partial charge on any atom is 0.207 e. The fraction of sp³-hybridized carbons (Fsp3) is 0. The lowest BCUT2D eigenvalue weighted by Gasteiger charge is -2.02. The summed E-state index contributed by atoms with van der Waals surface area (Å²) in [7, 11) is 0. The van der Waals surface area contributed by atoms with Crippen molar-refractivity contribution in [1.82, 2.24) is 0 Å². The highest BCUT2D eigenvalue weighted by atomic mass is 16.1. The summed E-state index contributed by atoms with van der Waals surface area (Å²) < 4.78 is 0. The van der Waals surface area contributed by atoms with E-state index in [9.17, 15) is 9.59 Å².